The zero-order valence-electron chi connectivity index (χ0n) is 10.3. The van der Waals surface area contributed by atoms with Gasteiger partial charge in [0.15, 0.2) is 0 Å². The molecule has 0 aliphatic heterocycles. The fraction of sp³-hybridized carbons (Fsp3) is 0.917. The van der Waals surface area contributed by atoms with Crippen LogP contribution in [0.1, 0.15) is 48.0 Å². The third-order valence-electron chi connectivity index (χ3n) is 2.19. The smallest absolute Gasteiger partial charge is 0.143 e. The highest BCUT2D eigenvalue weighted by Crippen LogP contribution is 2.29. The molecule has 0 radical (unpaired) electrons. The predicted molar refractivity (Wildman–Crippen MR) is 59.1 cm³/mol. The van der Waals surface area contributed by atoms with E-state index in [0.29, 0.717) is 0 Å². The lowest BCUT2D eigenvalue weighted by Gasteiger charge is -2.28. The van der Waals surface area contributed by atoms with Gasteiger partial charge in [0.05, 0.1) is 6.61 Å². The minimum Gasteiger partial charge on any atom is -0.396 e. The Morgan fingerprint density at radius 3 is 1.79 bits per heavy atom. The van der Waals surface area contributed by atoms with E-state index in [1.807, 2.05) is 20.8 Å². The van der Waals surface area contributed by atoms with Crippen molar-refractivity contribution in [1.82, 2.24) is 0 Å². The quantitative estimate of drug-likeness (QED) is 0.760. The molecule has 0 saturated heterocycles. The standard InChI is InChI=1S/C12H24O2/c1-11(2,3)7-9(8-13)10(14)12(4,5)6/h9,13H,7-8H2,1-6H3/t9-/m1/s1. The molecule has 2 nitrogen and oxygen atoms in total. The molecule has 0 rings (SSSR count). The molecule has 0 aliphatic carbocycles. The highest BCUT2D eigenvalue weighted by molar-refractivity contribution is 5.86. The minimum atomic E-state index is -0.349. The van der Waals surface area contributed by atoms with E-state index in [-0.39, 0.29) is 29.1 Å². The van der Waals surface area contributed by atoms with E-state index < -0.39 is 0 Å². The van der Waals surface area contributed by atoms with Crippen molar-refractivity contribution in [2.75, 3.05) is 6.61 Å². The van der Waals surface area contributed by atoms with Gasteiger partial charge in [-0.25, -0.2) is 0 Å². The maximum atomic E-state index is 11.9. The molecule has 84 valence electrons. The number of rotatable bonds is 3. The molecular formula is C12H24O2. The molecule has 0 amide bonds. The number of hydrogen-bond acceptors (Lipinski definition) is 2. The lowest BCUT2D eigenvalue weighted by atomic mass is 9.76. The topological polar surface area (TPSA) is 37.3 Å². The second-order valence-corrected chi connectivity index (χ2v) is 6.26. The fourth-order valence-corrected chi connectivity index (χ4v) is 1.59. The molecule has 0 saturated carbocycles. The van der Waals surface area contributed by atoms with Gasteiger partial charge in [0.1, 0.15) is 5.78 Å². The molecule has 0 fully saturated rings. The number of ketones is 1. The van der Waals surface area contributed by atoms with E-state index in [0.717, 1.165) is 6.42 Å². The van der Waals surface area contributed by atoms with Gasteiger partial charge in [-0.3, -0.25) is 4.79 Å². The molecule has 0 spiro atoms. The molecule has 0 aromatic carbocycles. The molecule has 1 atom stereocenters. The number of carbonyl (C=O) groups excluding carboxylic acids is 1. The Kier molecular flexibility index (Phi) is 4.32. The largest absolute Gasteiger partial charge is 0.396 e. The molecule has 14 heavy (non-hydrogen) atoms. The number of aliphatic hydroxyl groups is 1. The van der Waals surface area contributed by atoms with Crippen molar-refractivity contribution in [2.24, 2.45) is 16.7 Å². The summed E-state index contributed by atoms with van der Waals surface area (Å²) >= 11 is 0. The molecule has 0 aromatic heterocycles. The summed E-state index contributed by atoms with van der Waals surface area (Å²) in [7, 11) is 0. The Morgan fingerprint density at radius 2 is 1.57 bits per heavy atom. The number of Topliss-reactive ketones (excluding diaryl/α,β-unsaturated/α-hetero) is 1. The zero-order chi connectivity index (χ0) is 11.6. The van der Waals surface area contributed by atoms with Gasteiger partial charge in [0.2, 0.25) is 0 Å². The van der Waals surface area contributed by atoms with E-state index in [2.05, 4.69) is 20.8 Å². The Labute approximate surface area is 87.7 Å². The van der Waals surface area contributed by atoms with Crippen LogP contribution in [0.4, 0.5) is 0 Å². The van der Waals surface area contributed by atoms with Gasteiger partial charge in [-0.05, 0) is 11.8 Å². The molecule has 0 aliphatic rings. The van der Waals surface area contributed by atoms with E-state index in [4.69, 9.17) is 0 Å². The lowest BCUT2D eigenvalue weighted by molar-refractivity contribution is -0.132. The van der Waals surface area contributed by atoms with E-state index in [9.17, 15) is 9.90 Å². The zero-order valence-corrected chi connectivity index (χ0v) is 10.3. The molecule has 1 N–H and O–H groups in total. The second-order valence-electron chi connectivity index (χ2n) is 6.26. The lowest BCUT2D eigenvalue weighted by Crippen LogP contribution is -2.33. The first-order valence-electron chi connectivity index (χ1n) is 5.23. The van der Waals surface area contributed by atoms with Gasteiger partial charge >= 0.3 is 0 Å². The molecular weight excluding hydrogens is 176 g/mol. The normalized spacial score (nSPS) is 15.4. The first kappa shape index (κ1) is 13.6. The molecule has 0 unspecified atom stereocenters. The van der Waals surface area contributed by atoms with Crippen molar-refractivity contribution in [3.05, 3.63) is 0 Å². The summed E-state index contributed by atoms with van der Waals surface area (Å²) in [6.45, 7) is 11.9. The molecule has 2 heteroatoms. The Hall–Kier alpha value is -0.370. The van der Waals surface area contributed by atoms with Gasteiger partial charge in [0.25, 0.3) is 0 Å². The van der Waals surface area contributed by atoms with Crippen LogP contribution in [-0.4, -0.2) is 17.5 Å². The van der Waals surface area contributed by atoms with Gasteiger partial charge < -0.3 is 5.11 Å². The first-order chi connectivity index (χ1) is 6.08. The van der Waals surface area contributed by atoms with Crippen LogP contribution in [0.3, 0.4) is 0 Å². The van der Waals surface area contributed by atoms with Crippen molar-refractivity contribution >= 4 is 5.78 Å². The van der Waals surface area contributed by atoms with Gasteiger partial charge in [-0.15, -0.1) is 0 Å². The Bertz CT molecular complexity index is 193. The maximum Gasteiger partial charge on any atom is 0.143 e. The van der Waals surface area contributed by atoms with Crippen LogP contribution in [0.25, 0.3) is 0 Å². The van der Waals surface area contributed by atoms with Crippen molar-refractivity contribution in [3.63, 3.8) is 0 Å². The number of aliphatic hydroxyl groups excluding tert-OH is 1. The van der Waals surface area contributed by atoms with Crippen LogP contribution in [0.15, 0.2) is 0 Å². The van der Waals surface area contributed by atoms with Crippen molar-refractivity contribution in [3.8, 4) is 0 Å². The summed E-state index contributed by atoms with van der Waals surface area (Å²) < 4.78 is 0. The van der Waals surface area contributed by atoms with Crippen LogP contribution in [-0.2, 0) is 4.79 Å². The van der Waals surface area contributed by atoms with E-state index in [1.165, 1.54) is 0 Å². The average Bonchev–Trinajstić information content (AvgIpc) is 1.95. The van der Waals surface area contributed by atoms with Crippen LogP contribution in [0.2, 0.25) is 0 Å². The third kappa shape index (κ3) is 4.75. The summed E-state index contributed by atoms with van der Waals surface area (Å²) in [5.41, 5.74) is -0.257. The predicted octanol–water partition coefficient (Wildman–Crippen LogP) is 2.65. The van der Waals surface area contributed by atoms with E-state index >= 15 is 0 Å². The fourth-order valence-electron chi connectivity index (χ4n) is 1.59. The highest BCUT2D eigenvalue weighted by atomic mass is 16.3. The molecule has 0 heterocycles. The van der Waals surface area contributed by atoms with Gasteiger partial charge in [-0.1, -0.05) is 41.5 Å². The van der Waals surface area contributed by atoms with Crippen LogP contribution < -0.4 is 0 Å². The van der Waals surface area contributed by atoms with Crippen LogP contribution in [0, 0.1) is 16.7 Å². The summed E-state index contributed by atoms with van der Waals surface area (Å²) in [5, 5.41) is 9.20. The Balaban J connectivity index is 4.51. The van der Waals surface area contributed by atoms with Crippen LogP contribution >= 0.6 is 0 Å². The highest BCUT2D eigenvalue weighted by Gasteiger charge is 2.31. The van der Waals surface area contributed by atoms with Crippen LogP contribution in [0.5, 0.6) is 0 Å². The molecule has 0 aromatic rings. The second kappa shape index (κ2) is 4.43. The number of carbonyl (C=O) groups is 1. The summed E-state index contributed by atoms with van der Waals surface area (Å²) in [5.74, 6) is -0.0510. The minimum absolute atomic E-state index is 0.0344. The third-order valence-corrected chi connectivity index (χ3v) is 2.19. The summed E-state index contributed by atoms with van der Waals surface area (Å²) in [6.07, 6.45) is 0.750. The Morgan fingerprint density at radius 1 is 1.14 bits per heavy atom. The summed E-state index contributed by atoms with van der Waals surface area (Å²) in [6, 6.07) is 0. The SMILES string of the molecule is CC(C)(C)C[C@H](CO)C(=O)C(C)(C)C. The maximum absolute atomic E-state index is 11.9. The number of hydrogen-bond donors (Lipinski definition) is 1. The van der Waals surface area contributed by atoms with Gasteiger partial charge in [-0.2, -0.15) is 0 Å². The monoisotopic (exact) mass is 200 g/mol. The van der Waals surface area contributed by atoms with Gasteiger partial charge in [0, 0.05) is 11.3 Å². The summed E-state index contributed by atoms with van der Waals surface area (Å²) in [4.78, 5) is 11.9. The molecule has 0 bridgehead atoms. The van der Waals surface area contributed by atoms with E-state index in [1.54, 1.807) is 0 Å². The average molecular weight is 200 g/mol. The first-order valence-corrected chi connectivity index (χ1v) is 5.23. The van der Waals surface area contributed by atoms with Crippen molar-refractivity contribution in [1.29, 1.82) is 0 Å². The van der Waals surface area contributed by atoms with Crippen molar-refractivity contribution in [2.45, 2.75) is 48.0 Å². The van der Waals surface area contributed by atoms with Crippen molar-refractivity contribution < 1.29 is 9.90 Å².